The highest BCUT2D eigenvalue weighted by Crippen LogP contribution is 2.58. The topological polar surface area (TPSA) is 40.5 Å². The molecule has 4 saturated carbocycles. The predicted octanol–water partition coefficient (Wildman–Crippen LogP) is 2.80. The van der Waals surface area contributed by atoms with Gasteiger partial charge < -0.3 is 10.0 Å². The Hall–Kier alpha value is -1.35. The Morgan fingerprint density at radius 3 is 2.32 bits per heavy atom. The van der Waals surface area contributed by atoms with Crippen LogP contribution in [0.3, 0.4) is 0 Å². The van der Waals surface area contributed by atoms with Gasteiger partial charge in [-0.2, -0.15) is 0 Å². The molecular weight excluding hydrogens is 310 g/mol. The van der Waals surface area contributed by atoms with Crippen LogP contribution in [0.2, 0.25) is 0 Å². The number of hydrogen-bond acceptors (Lipinski definition) is 2. The number of carbonyl (C=O) groups excluding carboxylic acids is 1. The van der Waals surface area contributed by atoms with E-state index in [9.17, 15) is 9.90 Å². The van der Waals surface area contributed by atoms with Crippen LogP contribution in [0.25, 0.3) is 0 Å². The summed E-state index contributed by atoms with van der Waals surface area (Å²) in [5, 5.41) is 10.9. The molecule has 0 aromatic heterocycles. The fraction of sp³-hybridized carbons (Fsp3) is 0.682. The molecule has 4 bridgehead atoms. The summed E-state index contributed by atoms with van der Waals surface area (Å²) in [4.78, 5) is 15.6. The number of fused-ring (bicyclic) bond motifs is 2. The monoisotopic (exact) mass is 337 g/mol. The molecule has 5 aliphatic carbocycles. The van der Waals surface area contributed by atoms with Gasteiger partial charge in [0.2, 0.25) is 5.91 Å². The summed E-state index contributed by atoms with van der Waals surface area (Å²) < 4.78 is 0. The fourth-order valence-corrected chi connectivity index (χ4v) is 7.55. The van der Waals surface area contributed by atoms with Crippen LogP contribution in [0.4, 0.5) is 0 Å². The van der Waals surface area contributed by atoms with Crippen LogP contribution >= 0.6 is 0 Å². The van der Waals surface area contributed by atoms with E-state index in [1.54, 1.807) is 0 Å². The highest BCUT2D eigenvalue weighted by Gasteiger charge is 2.58. The largest absolute Gasteiger partial charge is 0.390 e. The number of amides is 1. The van der Waals surface area contributed by atoms with Crippen molar-refractivity contribution in [2.24, 2.45) is 29.6 Å². The lowest BCUT2D eigenvalue weighted by atomic mass is 9.52. The average molecular weight is 337 g/mol. The van der Waals surface area contributed by atoms with Gasteiger partial charge >= 0.3 is 0 Å². The molecule has 1 aromatic carbocycles. The number of rotatable bonds is 1. The first-order valence-corrected chi connectivity index (χ1v) is 10.2. The molecule has 0 radical (unpaired) electrons. The summed E-state index contributed by atoms with van der Waals surface area (Å²) in [5.41, 5.74) is 2.44. The second-order valence-corrected chi connectivity index (χ2v) is 9.72. The maximum atomic E-state index is 13.3. The van der Waals surface area contributed by atoms with Crippen molar-refractivity contribution in [3.63, 3.8) is 0 Å². The van der Waals surface area contributed by atoms with Crippen LogP contribution in [0.15, 0.2) is 24.3 Å². The summed E-state index contributed by atoms with van der Waals surface area (Å²) in [6, 6.07) is 9.11. The lowest BCUT2D eigenvalue weighted by Gasteiger charge is -2.59. The van der Waals surface area contributed by atoms with Crippen molar-refractivity contribution in [3.8, 4) is 0 Å². The second kappa shape index (κ2) is 4.88. The summed E-state index contributed by atoms with van der Waals surface area (Å²) in [7, 11) is 0. The summed E-state index contributed by atoms with van der Waals surface area (Å²) in [6.45, 7) is 0.957. The number of carbonyl (C=O) groups is 1. The third kappa shape index (κ3) is 2.05. The molecule has 1 saturated heterocycles. The number of hydrogen-bond donors (Lipinski definition) is 1. The zero-order valence-electron chi connectivity index (χ0n) is 14.7. The summed E-state index contributed by atoms with van der Waals surface area (Å²) >= 11 is 0. The molecule has 0 spiro atoms. The molecule has 132 valence electrons. The highest BCUT2D eigenvalue weighted by atomic mass is 16.3. The Kier molecular flexibility index (Phi) is 2.88. The van der Waals surface area contributed by atoms with Crippen molar-refractivity contribution in [1.82, 2.24) is 4.90 Å². The van der Waals surface area contributed by atoms with Gasteiger partial charge in [-0.1, -0.05) is 24.3 Å². The van der Waals surface area contributed by atoms with Gasteiger partial charge in [0.05, 0.1) is 5.60 Å². The van der Waals surface area contributed by atoms with E-state index in [-0.39, 0.29) is 5.92 Å². The molecule has 4 atom stereocenters. The Balaban J connectivity index is 1.29. The first-order valence-electron chi connectivity index (χ1n) is 10.2. The van der Waals surface area contributed by atoms with E-state index in [0.29, 0.717) is 35.6 Å². The molecule has 25 heavy (non-hydrogen) atoms. The van der Waals surface area contributed by atoms with Gasteiger partial charge in [-0.05, 0) is 79.7 Å². The lowest BCUT2D eigenvalue weighted by Crippen LogP contribution is -2.62. The van der Waals surface area contributed by atoms with E-state index in [1.165, 1.54) is 24.0 Å². The molecule has 1 heterocycles. The van der Waals surface area contributed by atoms with E-state index in [4.69, 9.17) is 0 Å². The zero-order chi connectivity index (χ0) is 16.8. The van der Waals surface area contributed by atoms with Crippen molar-refractivity contribution in [3.05, 3.63) is 35.4 Å². The SMILES string of the molecule is O=C1C2Cc3ccccc3CC2CN1C1C2CC3CC1CC(O)(C3)C2. The predicted molar refractivity (Wildman–Crippen MR) is 94.8 cm³/mol. The quantitative estimate of drug-likeness (QED) is 0.856. The Bertz CT molecular complexity index is 727. The number of likely N-dealkylation sites (tertiary alicyclic amines) is 1. The zero-order valence-corrected chi connectivity index (χ0v) is 14.7. The number of aliphatic hydroxyl groups is 1. The third-order valence-electron chi connectivity index (χ3n) is 8.19. The Labute approximate surface area is 149 Å². The first-order chi connectivity index (χ1) is 12.1. The minimum atomic E-state index is -0.404. The normalized spacial score (nSPS) is 47.1. The van der Waals surface area contributed by atoms with Gasteiger partial charge in [0, 0.05) is 18.5 Å². The molecule has 6 aliphatic rings. The van der Waals surface area contributed by atoms with Crippen LogP contribution in [0.1, 0.15) is 43.2 Å². The molecule has 1 N–H and O–H groups in total. The molecule has 7 rings (SSSR count). The van der Waals surface area contributed by atoms with Gasteiger partial charge in [0.1, 0.15) is 0 Å². The average Bonchev–Trinajstić information content (AvgIpc) is 2.87. The van der Waals surface area contributed by atoms with Crippen molar-refractivity contribution in [2.45, 2.75) is 56.6 Å². The molecule has 4 unspecified atom stereocenters. The van der Waals surface area contributed by atoms with Gasteiger partial charge in [0.15, 0.2) is 0 Å². The Morgan fingerprint density at radius 2 is 1.64 bits per heavy atom. The van der Waals surface area contributed by atoms with Crippen molar-refractivity contribution >= 4 is 5.91 Å². The van der Waals surface area contributed by atoms with Crippen molar-refractivity contribution in [1.29, 1.82) is 0 Å². The maximum absolute atomic E-state index is 13.3. The minimum absolute atomic E-state index is 0.204. The van der Waals surface area contributed by atoms with Crippen molar-refractivity contribution in [2.75, 3.05) is 6.54 Å². The second-order valence-electron chi connectivity index (χ2n) is 9.72. The van der Waals surface area contributed by atoms with E-state index in [2.05, 4.69) is 29.2 Å². The highest BCUT2D eigenvalue weighted by molar-refractivity contribution is 5.82. The van der Waals surface area contributed by atoms with E-state index >= 15 is 0 Å². The molecule has 1 aromatic rings. The third-order valence-corrected chi connectivity index (χ3v) is 8.19. The molecule has 1 aliphatic heterocycles. The first kappa shape index (κ1) is 14.8. The summed E-state index contributed by atoms with van der Waals surface area (Å²) in [5.74, 6) is 2.93. The molecular formula is C22H27NO2. The Morgan fingerprint density at radius 1 is 0.960 bits per heavy atom. The van der Waals surface area contributed by atoms with Gasteiger partial charge in [-0.3, -0.25) is 4.79 Å². The molecule has 5 fully saturated rings. The molecule has 1 amide bonds. The van der Waals surface area contributed by atoms with Crippen LogP contribution in [0, 0.1) is 29.6 Å². The standard InChI is InChI=1S/C22H27NO2/c24-21-19-8-15-4-2-1-3-14(15)7-18(19)12-23(21)20-16-5-13-6-17(20)11-22(25,9-13)10-16/h1-4,13,16-20,25H,5-12H2. The van der Waals surface area contributed by atoms with E-state index in [1.807, 2.05) is 0 Å². The molecule has 3 heteroatoms. The number of nitrogens with zero attached hydrogens (tertiary/aromatic N) is 1. The van der Waals surface area contributed by atoms with Crippen molar-refractivity contribution < 1.29 is 9.90 Å². The van der Waals surface area contributed by atoms with Crippen LogP contribution < -0.4 is 0 Å². The van der Waals surface area contributed by atoms with Crippen LogP contribution in [-0.2, 0) is 17.6 Å². The van der Waals surface area contributed by atoms with E-state index < -0.39 is 5.60 Å². The lowest BCUT2D eigenvalue weighted by molar-refractivity contribution is -0.168. The van der Waals surface area contributed by atoms with Gasteiger partial charge in [-0.15, -0.1) is 0 Å². The van der Waals surface area contributed by atoms with Crippen LogP contribution in [-0.4, -0.2) is 34.1 Å². The summed E-state index contributed by atoms with van der Waals surface area (Å²) in [6.07, 6.45) is 7.36. The molecule has 3 nitrogen and oxygen atoms in total. The number of benzene rings is 1. The van der Waals surface area contributed by atoms with E-state index in [0.717, 1.165) is 38.6 Å². The smallest absolute Gasteiger partial charge is 0.226 e. The fourth-order valence-electron chi connectivity index (χ4n) is 7.55. The maximum Gasteiger partial charge on any atom is 0.226 e. The van der Waals surface area contributed by atoms with Gasteiger partial charge in [-0.25, -0.2) is 0 Å². The van der Waals surface area contributed by atoms with Gasteiger partial charge in [0.25, 0.3) is 0 Å². The van der Waals surface area contributed by atoms with Crippen LogP contribution in [0.5, 0.6) is 0 Å². The minimum Gasteiger partial charge on any atom is -0.390 e.